The van der Waals surface area contributed by atoms with Gasteiger partial charge in [0.25, 0.3) is 0 Å². The Morgan fingerprint density at radius 3 is 2.83 bits per heavy atom. The summed E-state index contributed by atoms with van der Waals surface area (Å²) < 4.78 is 18.3. The zero-order valence-electron chi connectivity index (χ0n) is 12.8. The molecule has 6 nitrogen and oxygen atoms in total. The molecule has 1 aromatic carbocycles. The second-order valence-electron chi connectivity index (χ2n) is 5.15. The van der Waals surface area contributed by atoms with Crippen molar-refractivity contribution in [1.29, 1.82) is 0 Å². The molecular weight excluding hydrogens is 311 g/mol. The van der Waals surface area contributed by atoms with E-state index in [1.807, 2.05) is 12.1 Å². The molecule has 0 bridgehead atoms. The van der Waals surface area contributed by atoms with Gasteiger partial charge in [-0.25, -0.2) is 4.39 Å². The van der Waals surface area contributed by atoms with Crippen LogP contribution in [-0.2, 0) is 17.8 Å². The number of amides is 1. The van der Waals surface area contributed by atoms with Crippen molar-refractivity contribution in [3.63, 3.8) is 0 Å². The van der Waals surface area contributed by atoms with Crippen molar-refractivity contribution in [2.24, 2.45) is 0 Å². The maximum atomic E-state index is 13.2. The summed E-state index contributed by atoms with van der Waals surface area (Å²) in [6.07, 6.45) is 3.90. The fourth-order valence-corrected chi connectivity index (χ4v) is 2.11. The van der Waals surface area contributed by atoms with Gasteiger partial charge in [0.05, 0.1) is 0 Å². The van der Waals surface area contributed by atoms with Crippen molar-refractivity contribution in [1.82, 2.24) is 20.4 Å². The summed E-state index contributed by atoms with van der Waals surface area (Å²) in [5.74, 6) is 0.168. The molecule has 0 aliphatic carbocycles. The number of carbonyl (C=O) groups is 1. The first-order chi connectivity index (χ1) is 11.7. The zero-order valence-corrected chi connectivity index (χ0v) is 12.8. The Balaban J connectivity index is 1.51. The molecule has 3 rings (SSSR count). The number of rotatable bonds is 6. The molecule has 0 radical (unpaired) electrons. The van der Waals surface area contributed by atoms with Crippen molar-refractivity contribution in [2.45, 2.75) is 19.4 Å². The molecule has 0 atom stereocenters. The van der Waals surface area contributed by atoms with E-state index in [-0.39, 0.29) is 18.1 Å². The van der Waals surface area contributed by atoms with Crippen LogP contribution in [0.1, 0.15) is 17.9 Å². The van der Waals surface area contributed by atoms with Gasteiger partial charge >= 0.3 is 0 Å². The highest BCUT2D eigenvalue weighted by molar-refractivity contribution is 5.76. The number of aryl methyl sites for hydroxylation is 1. The maximum Gasteiger partial charge on any atom is 0.227 e. The topological polar surface area (TPSA) is 80.9 Å². The van der Waals surface area contributed by atoms with E-state index in [0.29, 0.717) is 30.2 Å². The molecule has 1 amide bonds. The molecule has 0 aliphatic rings. The van der Waals surface area contributed by atoms with Gasteiger partial charge in [0.2, 0.25) is 17.6 Å². The third-order valence-electron chi connectivity index (χ3n) is 3.36. The molecule has 122 valence electrons. The van der Waals surface area contributed by atoms with Gasteiger partial charge in [0, 0.05) is 37.3 Å². The molecule has 24 heavy (non-hydrogen) atoms. The Bertz CT molecular complexity index is 820. The second-order valence-corrected chi connectivity index (χ2v) is 5.15. The average molecular weight is 326 g/mol. The fraction of sp³-hybridized carbons (Fsp3) is 0.176. The monoisotopic (exact) mass is 326 g/mol. The number of halogens is 1. The molecule has 2 aromatic heterocycles. The van der Waals surface area contributed by atoms with Gasteiger partial charge in [-0.1, -0.05) is 17.3 Å². The molecule has 7 heteroatoms. The van der Waals surface area contributed by atoms with E-state index in [1.165, 1.54) is 12.1 Å². The lowest BCUT2D eigenvalue weighted by Crippen LogP contribution is -2.23. The van der Waals surface area contributed by atoms with Gasteiger partial charge < -0.3 is 9.84 Å². The lowest BCUT2D eigenvalue weighted by Gasteiger charge is -2.03. The van der Waals surface area contributed by atoms with Crippen LogP contribution in [0.4, 0.5) is 4.39 Å². The Labute approximate surface area is 137 Å². The van der Waals surface area contributed by atoms with Crippen LogP contribution in [-0.4, -0.2) is 21.0 Å². The number of aromatic nitrogens is 3. The summed E-state index contributed by atoms with van der Waals surface area (Å²) in [5, 5.41) is 6.62. The van der Waals surface area contributed by atoms with Gasteiger partial charge in [0.1, 0.15) is 5.82 Å². The quantitative estimate of drug-likeness (QED) is 0.753. The lowest BCUT2D eigenvalue weighted by atomic mass is 10.2. The van der Waals surface area contributed by atoms with Crippen molar-refractivity contribution in [3.05, 3.63) is 66.1 Å². The summed E-state index contributed by atoms with van der Waals surface area (Å²) in [6.45, 7) is 0.444. The van der Waals surface area contributed by atoms with E-state index in [9.17, 15) is 9.18 Å². The van der Waals surface area contributed by atoms with Crippen molar-refractivity contribution < 1.29 is 13.7 Å². The Morgan fingerprint density at radius 1 is 1.21 bits per heavy atom. The summed E-state index contributed by atoms with van der Waals surface area (Å²) in [6, 6.07) is 9.62. The number of benzene rings is 1. The Hall–Kier alpha value is -3.09. The van der Waals surface area contributed by atoms with Crippen LogP contribution in [0.2, 0.25) is 0 Å². The summed E-state index contributed by atoms with van der Waals surface area (Å²) in [7, 11) is 0. The number of pyridine rings is 1. The number of carbonyl (C=O) groups excluding carboxylic acids is 1. The lowest BCUT2D eigenvalue weighted by molar-refractivity contribution is -0.121. The first-order valence-corrected chi connectivity index (χ1v) is 7.45. The molecule has 0 fully saturated rings. The van der Waals surface area contributed by atoms with Crippen LogP contribution in [0.25, 0.3) is 11.4 Å². The Kier molecular flexibility index (Phi) is 4.90. The van der Waals surface area contributed by atoms with Crippen molar-refractivity contribution in [2.75, 3.05) is 0 Å². The first-order valence-electron chi connectivity index (χ1n) is 7.45. The molecule has 0 spiro atoms. The van der Waals surface area contributed by atoms with E-state index in [1.54, 1.807) is 24.5 Å². The van der Waals surface area contributed by atoms with Gasteiger partial charge in [0.15, 0.2) is 0 Å². The van der Waals surface area contributed by atoms with Crippen LogP contribution in [0.3, 0.4) is 0 Å². The van der Waals surface area contributed by atoms with Gasteiger partial charge in [-0.2, -0.15) is 4.98 Å². The summed E-state index contributed by atoms with van der Waals surface area (Å²) in [4.78, 5) is 19.9. The van der Waals surface area contributed by atoms with Crippen molar-refractivity contribution in [3.8, 4) is 11.4 Å². The highest BCUT2D eigenvalue weighted by atomic mass is 19.1. The number of nitrogens with one attached hydrogen (secondary N) is 1. The van der Waals surface area contributed by atoms with Crippen LogP contribution >= 0.6 is 0 Å². The van der Waals surface area contributed by atoms with Gasteiger partial charge in [-0.15, -0.1) is 0 Å². The van der Waals surface area contributed by atoms with E-state index in [0.717, 1.165) is 5.56 Å². The van der Waals surface area contributed by atoms with Crippen LogP contribution in [0, 0.1) is 5.82 Å². The number of hydrogen-bond acceptors (Lipinski definition) is 5. The average Bonchev–Trinajstić information content (AvgIpc) is 3.08. The molecule has 0 saturated heterocycles. The smallest absolute Gasteiger partial charge is 0.227 e. The molecule has 1 N–H and O–H groups in total. The van der Waals surface area contributed by atoms with Crippen LogP contribution in [0.5, 0.6) is 0 Å². The minimum absolute atomic E-state index is 0.114. The molecule has 3 aromatic rings. The van der Waals surface area contributed by atoms with Crippen molar-refractivity contribution >= 4 is 5.91 Å². The molecule has 2 heterocycles. The van der Waals surface area contributed by atoms with E-state index >= 15 is 0 Å². The zero-order chi connectivity index (χ0) is 16.8. The van der Waals surface area contributed by atoms with E-state index in [4.69, 9.17) is 4.52 Å². The normalized spacial score (nSPS) is 10.5. The molecular formula is C17H15FN4O2. The number of hydrogen-bond donors (Lipinski definition) is 1. The second kappa shape index (κ2) is 7.45. The number of nitrogens with zero attached hydrogens (tertiary/aromatic N) is 3. The van der Waals surface area contributed by atoms with E-state index in [2.05, 4.69) is 20.4 Å². The molecule has 0 unspecified atom stereocenters. The predicted molar refractivity (Wildman–Crippen MR) is 84.1 cm³/mol. The third kappa shape index (κ3) is 4.22. The highest BCUT2D eigenvalue weighted by Gasteiger charge is 2.11. The van der Waals surface area contributed by atoms with Crippen LogP contribution in [0.15, 0.2) is 53.3 Å². The summed E-state index contributed by atoms with van der Waals surface area (Å²) >= 11 is 0. The minimum Gasteiger partial charge on any atom is -0.352 e. The third-order valence-corrected chi connectivity index (χ3v) is 3.36. The fourth-order valence-electron chi connectivity index (χ4n) is 2.11. The molecule has 0 saturated carbocycles. The van der Waals surface area contributed by atoms with Gasteiger partial charge in [-0.05, 0) is 29.8 Å². The minimum atomic E-state index is -0.366. The highest BCUT2D eigenvalue weighted by Crippen LogP contribution is 2.17. The molecule has 0 aliphatic heterocycles. The van der Waals surface area contributed by atoms with Gasteiger partial charge in [-0.3, -0.25) is 9.78 Å². The first kappa shape index (κ1) is 15.8. The Morgan fingerprint density at radius 2 is 2.04 bits per heavy atom. The SMILES string of the molecule is O=C(CCc1nc(-c2cccc(F)c2)no1)NCc1ccncc1. The predicted octanol–water partition coefficient (Wildman–Crippen LogP) is 2.52. The maximum absolute atomic E-state index is 13.2. The largest absolute Gasteiger partial charge is 0.352 e. The summed E-state index contributed by atoms with van der Waals surface area (Å²) in [5.41, 5.74) is 1.51. The standard InChI is InChI=1S/C17H15FN4O2/c18-14-3-1-2-13(10-14)17-21-16(24-22-17)5-4-15(23)20-11-12-6-8-19-9-7-12/h1-3,6-10H,4-5,11H2,(H,20,23). The van der Waals surface area contributed by atoms with Crippen LogP contribution < -0.4 is 5.32 Å². The van der Waals surface area contributed by atoms with E-state index < -0.39 is 0 Å².